The summed E-state index contributed by atoms with van der Waals surface area (Å²) in [6.45, 7) is 9.89. The van der Waals surface area contributed by atoms with Gasteiger partial charge in [0.25, 0.3) is 0 Å². The van der Waals surface area contributed by atoms with E-state index >= 15 is 0 Å². The van der Waals surface area contributed by atoms with Gasteiger partial charge < -0.3 is 15.4 Å². The van der Waals surface area contributed by atoms with Crippen LogP contribution in [-0.2, 0) is 0 Å². The Morgan fingerprint density at radius 3 is 2.33 bits per heavy atom. The van der Waals surface area contributed by atoms with Crippen LogP contribution in [0.15, 0.2) is 12.1 Å². The second kappa shape index (κ2) is 6.10. The van der Waals surface area contributed by atoms with Gasteiger partial charge in [-0.2, -0.15) is 0 Å². The number of nitrogens with zero attached hydrogens (tertiary/aromatic N) is 2. The zero-order chi connectivity index (χ0) is 15.7. The van der Waals surface area contributed by atoms with Gasteiger partial charge in [-0.05, 0) is 34.7 Å². The second-order valence-electron chi connectivity index (χ2n) is 6.28. The van der Waals surface area contributed by atoms with Gasteiger partial charge >= 0.3 is 0 Å². The van der Waals surface area contributed by atoms with Crippen molar-refractivity contribution in [3.63, 3.8) is 0 Å². The Bertz CT molecular complexity index is 495. The molecule has 0 aromatic heterocycles. The molecule has 21 heavy (non-hydrogen) atoms. The quantitative estimate of drug-likeness (QED) is 0.871. The first-order valence-corrected chi connectivity index (χ1v) is 7.52. The van der Waals surface area contributed by atoms with Crippen LogP contribution in [0.3, 0.4) is 0 Å². The van der Waals surface area contributed by atoms with Crippen molar-refractivity contribution in [3.8, 4) is 5.75 Å². The molecule has 118 valence electrons. The van der Waals surface area contributed by atoms with Crippen LogP contribution in [0.4, 0.5) is 15.8 Å². The smallest absolute Gasteiger partial charge is 0.167 e. The highest BCUT2D eigenvalue weighted by atomic mass is 19.1. The number of ether oxygens (including phenoxy) is 1. The fraction of sp³-hybridized carbons (Fsp3) is 0.625. The molecule has 0 saturated carbocycles. The molecule has 1 heterocycles. The molecule has 1 aliphatic heterocycles. The van der Waals surface area contributed by atoms with Crippen LogP contribution in [0.25, 0.3) is 0 Å². The molecule has 0 amide bonds. The van der Waals surface area contributed by atoms with Crippen molar-refractivity contribution < 1.29 is 9.13 Å². The molecule has 1 saturated heterocycles. The van der Waals surface area contributed by atoms with Crippen LogP contribution >= 0.6 is 0 Å². The summed E-state index contributed by atoms with van der Waals surface area (Å²) >= 11 is 0. The van der Waals surface area contributed by atoms with E-state index in [1.54, 1.807) is 6.07 Å². The molecule has 1 aliphatic rings. The summed E-state index contributed by atoms with van der Waals surface area (Å²) in [6, 6.07) is 3.94. The lowest BCUT2D eigenvalue weighted by molar-refractivity contribution is 0.170. The Balaban J connectivity index is 2.30. The van der Waals surface area contributed by atoms with Gasteiger partial charge in [0.05, 0.1) is 17.5 Å². The molecule has 0 spiro atoms. The SMILES string of the molecule is CC(C)Oc1cc(N2CC(C)N(C)C(C)C2)c(N)cc1F. The van der Waals surface area contributed by atoms with Crippen molar-refractivity contribution in [3.05, 3.63) is 17.9 Å². The normalized spacial score (nSPS) is 23.7. The third-order valence-corrected chi connectivity index (χ3v) is 4.14. The largest absolute Gasteiger partial charge is 0.488 e. The molecule has 2 unspecified atom stereocenters. The van der Waals surface area contributed by atoms with E-state index in [9.17, 15) is 4.39 Å². The van der Waals surface area contributed by atoms with E-state index in [-0.39, 0.29) is 11.9 Å². The maximum absolute atomic E-state index is 13.9. The molecule has 1 aromatic rings. The average molecular weight is 295 g/mol. The lowest BCUT2D eigenvalue weighted by Crippen LogP contribution is -2.55. The fourth-order valence-corrected chi connectivity index (χ4v) is 2.78. The Hall–Kier alpha value is -1.49. The summed E-state index contributed by atoms with van der Waals surface area (Å²) in [5.41, 5.74) is 7.35. The minimum Gasteiger partial charge on any atom is -0.488 e. The number of nitrogens with two attached hydrogens (primary N) is 1. The van der Waals surface area contributed by atoms with Crippen molar-refractivity contribution in [2.75, 3.05) is 30.8 Å². The van der Waals surface area contributed by atoms with Gasteiger partial charge in [-0.25, -0.2) is 4.39 Å². The fourth-order valence-electron chi connectivity index (χ4n) is 2.78. The van der Waals surface area contributed by atoms with Crippen molar-refractivity contribution in [2.45, 2.75) is 45.9 Å². The highest BCUT2D eigenvalue weighted by Crippen LogP contribution is 2.33. The number of halogens is 1. The van der Waals surface area contributed by atoms with E-state index in [0.717, 1.165) is 18.8 Å². The molecular formula is C16H26FN3O. The Morgan fingerprint density at radius 1 is 1.24 bits per heavy atom. The first kappa shape index (κ1) is 15.9. The first-order valence-electron chi connectivity index (χ1n) is 7.52. The predicted octanol–water partition coefficient (Wildman–Crippen LogP) is 2.72. The summed E-state index contributed by atoms with van der Waals surface area (Å²) in [7, 11) is 2.13. The molecule has 0 bridgehead atoms. The van der Waals surface area contributed by atoms with Crippen molar-refractivity contribution in [1.29, 1.82) is 0 Å². The Morgan fingerprint density at radius 2 is 1.81 bits per heavy atom. The van der Waals surface area contributed by atoms with Gasteiger partial charge in [0.1, 0.15) is 0 Å². The van der Waals surface area contributed by atoms with E-state index < -0.39 is 5.82 Å². The Labute approximate surface area is 126 Å². The second-order valence-corrected chi connectivity index (χ2v) is 6.28. The highest BCUT2D eigenvalue weighted by molar-refractivity contribution is 5.70. The van der Waals surface area contributed by atoms with Gasteiger partial charge in [0.15, 0.2) is 11.6 Å². The first-order chi connectivity index (χ1) is 9.79. The summed E-state index contributed by atoms with van der Waals surface area (Å²) in [4.78, 5) is 4.57. The standard InChI is InChI=1S/C16H26FN3O/c1-10(2)21-16-7-15(14(18)6-13(16)17)20-8-11(3)19(5)12(4)9-20/h6-7,10-12H,8-9,18H2,1-5H3. The van der Waals surface area contributed by atoms with E-state index in [0.29, 0.717) is 17.8 Å². The number of rotatable bonds is 3. The molecule has 0 aliphatic carbocycles. The zero-order valence-electron chi connectivity index (χ0n) is 13.6. The molecule has 2 rings (SSSR count). The molecule has 1 fully saturated rings. The van der Waals surface area contributed by atoms with Crippen LogP contribution in [0.5, 0.6) is 5.75 Å². The summed E-state index contributed by atoms with van der Waals surface area (Å²) in [5.74, 6) is -0.131. The van der Waals surface area contributed by atoms with Crippen LogP contribution in [0.1, 0.15) is 27.7 Å². The molecule has 2 atom stereocenters. The molecule has 4 nitrogen and oxygen atoms in total. The van der Waals surface area contributed by atoms with E-state index in [2.05, 4.69) is 30.7 Å². The average Bonchev–Trinajstić information content (AvgIpc) is 2.38. The van der Waals surface area contributed by atoms with Gasteiger partial charge in [0.2, 0.25) is 0 Å². The number of hydrogen-bond acceptors (Lipinski definition) is 4. The van der Waals surface area contributed by atoms with E-state index in [1.807, 2.05) is 13.8 Å². The van der Waals surface area contributed by atoms with Gasteiger partial charge in [0, 0.05) is 37.3 Å². The van der Waals surface area contributed by atoms with Crippen LogP contribution in [0.2, 0.25) is 0 Å². The highest BCUT2D eigenvalue weighted by Gasteiger charge is 2.28. The van der Waals surface area contributed by atoms with Gasteiger partial charge in [-0.1, -0.05) is 0 Å². The molecule has 0 radical (unpaired) electrons. The van der Waals surface area contributed by atoms with Crippen LogP contribution < -0.4 is 15.4 Å². The number of nitrogen functional groups attached to an aromatic ring is 1. The van der Waals surface area contributed by atoms with Crippen LogP contribution in [-0.4, -0.2) is 43.2 Å². The van der Waals surface area contributed by atoms with Gasteiger partial charge in [-0.3, -0.25) is 4.90 Å². The lowest BCUT2D eigenvalue weighted by atomic mass is 10.1. The van der Waals surface area contributed by atoms with Crippen molar-refractivity contribution in [2.24, 2.45) is 0 Å². The lowest BCUT2D eigenvalue weighted by Gasteiger charge is -2.43. The minimum atomic E-state index is -0.403. The monoisotopic (exact) mass is 295 g/mol. The Kier molecular flexibility index (Phi) is 4.61. The third kappa shape index (κ3) is 3.40. The molecule has 2 N–H and O–H groups in total. The predicted molar refractivity (Wildman–Crippen MR) is 85.5 cm³/mol. The summed E-state index contributed by atoms with van der Waals surface area (Å²) in [6.07, 6.45) is -0.0682. The van der Waals surface area contributed by atoms with Gasteiger partial charge in [-0.15, -0.1) is 0 Å². The number of likely N-dealkylation sites (N-methyl/N-ethyl adjacent to an activating group) is 1. The summed E-state index contributed by atoms with van der Waals surface area (Å²) < 4.78 is 19.5. The number of piperazine rings is 1. The third-order valence-electron chi connectivity index (χ3n) is 4.14. The molecular weight excluding hydrogens is 269 g/mol. The topological polar surface area (TPSA) is 41.7 Å². The molecule has 1 aromatic carbocycles. The maximum Gasteiger partial charge on any atom is 0.167 e. The number of hydrogen-bond donors (Lipinski definition) is 1. The number of anilines is 2. The maximum atomic E-state index is 13.9. The van der Waals surface area contributed by atoms with Crippen molar-refractivity contribution in [1.82, 2.24) is 4.90 Å². The van der Waals surface area contributed by atoms with E-state index in [4.69, 9.17) is 10.5 Å². The van der Waals surface area contributed by atoms with Crippen molar-refractivity contribution >= 4 is 11.4 Å². The molecule has 5 heteroatoms. The zero-order valence-corrected chi connectivity index (χ0v) is 13.6. The summed E-state index contributed by atoms with van der Waals surface area (Å²) in [5, 5.41) is 0. The minimum absolute atomic E-state index is 0.0682. The van der Waals surface area contributed by atoms with Crippen LogP contribution in [0, 0.1) is 5.82 Å². The van der Waals surface area contributed by atoms with E-state index in [1.165, 1.54) is 6.07 Å². The number of benzene rings is 1.